The van der Waals surface area contributed by atoms with Gasteiger partial charge < -0.3 is 9.64 Å². The largest absolute Gasteiger partial charge is 0.457 e. The molecule has 0 unspecified atom stereocenters. The topological polar surface area (TPSA) is 47.4 Å². The lowest BCUT2D eigenvalue weighted by Crippen LogP contribution is -2.25. The van der Waals surface area contributed by atoms with Gasteiger partial charge in [-0.2, -0.15) is 5.10 Å². The van der Waals surface area contributed by atoms with Gasteiger partial charge in [-0.25, -0.2) is 4.68 Å². The zero-order valence-electron chi connectivity index (χ0n) is 16.1. The van der Waals surface area contributed by atoms with Crippen LogP contribution < -0.4 is 10.3 Å². The van der Waals surface area contributed by atoms with E-state index in [1.165, 1.54) is 4.68 Å². The smallest absolute Gasteiger partial charge is 0.267 e. The van der Waals surface area contributed by atoms with E-state index in [-0.39, 0.29) is 5.56 Å². The Morgan fingerprint density at radius 1 is 0.964 bits per heavy atom. The first-order valence-electron chi connectivity index (χ1n) is 9.40. The van der Waals surface area contributed by atoms with Gasteiger partial charge in [0.05, 0.1) is 0 Å². The number of hydrogen-bond donors (Lipinski definition) is 0. The molecule has 0 amide bonds. The molecule has 1 aromatic heterocycles. The lowest BCUT2D eigenvalue weighted by Gasteiger charge is -2.23. The normalized spacial score (nSPS) is 14.6. The lowest BCUT2D eigenvalue weighted by atomic mass is 9.95. The second-order valence-corrected chi connectivity index (χ2v) is 7.02. The second-order valence-electron chi connectivity index (χ2n) is 7.02. The Labute approximate surface area is 164 Å². The highest BCUT2D eigenvalue weighted by Gasteiger charge is 2.19. The van der Waals surface area contributed by atoms with Crippen LogP contribution in [0.25, 0.3) is 16.8 Å². The Balaban J connectivity index is 1.84. The summed E-state index contributed by atoms with van der Waals surface area (Å²) in [6.45, 7) is 1.83. The molecule has 0 atom stereocenters. The van der Waals surface area contributed by atoms with E-state index in [2.05, 4.69) is 23.1 Å². The lowest BCUT2D eigenvalue weighted by molar-refractivity contribution is 0.370. The zero-order chi connectivity index (χ0) is 19.5. The molecule has 5 nitrogen and oxygen atoms in total. The van der Waals surface area contributed by atoms with Crippen LogP contribution in [0.2, 0.25) is 0 Å². The van der Waals surface area contributed by atoms with Crippen LogP contribution in [0, 0.1) is 0 Å². The summed E-state index contributed by atoms with van der Waals surface area (Å²) in [6.07, 6.45) is 3.07. The van der Waals surface area contributed by atoms with Crippen molar-refractivity contribution in [2.24, 2.45) is 7.05 Å². The van der Waals surface area contributed by atoms with Crippen LogP contribution in [0.4, 0.5) is 0 Å². The Kier molecular flexibility index (Phi) is 5.08. The van der Waals surface area contributed by atoms with Gasteiger partial charge in [-0.15, -0.1) is 0 Å². The van der Waals surface area contributed by atoms with E-state index in [9.17, 15) is 4.79 Å². The third-order valence-corrected chi connectivity index (χ3v) is 4.96. The second kappa shape index (κ2) is 7.82. The number of benzene rings is 2. The molecule has 142 valence electrons. The van der Waals surface area contributed by atoms with E-state index in [4.69, 9.17) is 4.74 Å². The van der Waals surface area contributed by atoms with E-state index in [0.717, 1.165) is 53.4 Å². The third kappa shape index (κ3) is 3.75. The molecular formula is C23H23N3O2. The van der Waals surface area contributed by atoms with Crippen molar-refractivity contribution in [3.8, 4) is 22.8 Å². The van der Waals surface area contributed by atoms with Crippen molar-refractivity contribution in [1.29, 1.82) is 0 Å². The quantitative estimate of drug-likeness (QED) is 0.695. The van der Waals surface area contributed by atoms with Gasteiger partial charge in [-0.3, -0.25) is 4.79 Å². The van der Waals surface area contributed by atoms with E-state index in [1.807, 2.05) is 54.6 Å². The van der Waals surface area contributed by atoms with Crippen LogP contribution in [0.1, 0.15) is 12.0 Å². The first kappa shape index (κ1) is 18.2. The van der Waals surface area contributed by atoms with Gasteiger partial charge in [0.2, 0.25) is 0 Å². The van der Waals surface area contributed by atoms with Crippen molar-refractivity contribution in [2.75, 3.05) is 20.1 Å². The molecule has 0 bridgehead atoms. The monoisotopic (exact) mass is 373 g/mol. The first-order valence-corrected chi connectivity index (χ1v) is 9.40. The minimum atomic E-state index is -0.111. The highest BCUT2D eigenvalue weighted by atomic mass is 16.5. The molecule has 0 saturated heterocycles. The summed E-state index contributed by atoms with van der Waals surface area (Å²) in [5.41, 5.74) is 3.58. The fraction of sp³-hybridized carbons (Fsp3) is 0.217. The molecule has 2 heterocycles. The van der Waals surface area contributed by atoms with Crippen molar-refractivity contribution in [3.05, 3.63) is 82.7 Å². The van der Waals surface area contributed by atoms with Crippen LogP contribution in [0.3, 0.4) is 0 Å². The van der Waals surface area contributed by atoms with Crippen LogP contribution in [-0.4, -0.2) is 34.8 Å². The van der Waals surface area contributed by atoms with Crippen molar-refractivity contribution >= 4 is 5.57 Å². The van der Waals surface area contributed by atoms with E-state index >= 15 is 0 Å². The average molecular weight is 373 g/mol. The number of nitrogens with zero attached hydrogens (tertiary/aromatic N) is 3. The highest BCUT2D eigenvalue weighted by Crippen LogP contribution is 2.36. The van der Waals surface area contributed by atoms with Gasteiger partial charge in [0.1, 0.15) is 17.2 Å². The van der Waals surface area contributed by atoms with Gasteiger partial charge in [-0.1, -0.05) is 36.4 Å². The van der Waals surface area contributed by atoms with Gasteiger partial charge in [0, 0.05) is 37.3 Å². The van der Waals surface area contributed by atoms with Crippen molar-refractivity contribution in [2.45, 2.75) is 6.42 Å². The predicted molar refractivity (Wildman–Crippen MR) is 112 cm³/mol. The highest BCUT2D eigenvalue weighted by molar-refractivity contribution is 5.81. The molecule has 0 radical (unpaired) electrons. The number of aromatic nitrogens is 2. The summed E-state index contributed by atoms with van der Waals surface area (Å²) in [7, 11) is 3.78. The number of hydrogen-bond acceptors (Lipinski definition) is 4. The summed E-state index contributed by atoms with van der Waals surface area (Å²) in [5.74, 6) is 1.48. The van der Waals surface area contributed by atoms with Crippen LogP contribution in [0.5, 0.6) is 11.5 Å². The molecule has 5 heteroatoms. The Hall–Kier alpha value is -3.18. The maximum absolute atomic E-state index is 12.3. The summed E-state index contributed by atoms with van der Waals surface area (Å²) in [4.78, 5) is 14.6. The molecular weight excluding hydrogens is 350 g/mol. The fourth-order valence-corrected chi connectivity index (χ4v) is 3.36. The molecule has 0 spiro atoms. The minimum absolute atomic E-state index is 0.111. The average Bonchev–Trinajstić information content (AvgIpc) is 2.72. The zero-order valence-corrected chi connectivity index (χ0v) is 16.1. The number of rotatable bonds is 4. The summed E-state index contributed by atoms with van der Waals surface area (Å²) in [5, 5.41) is 4.61. The van der Waals surface area contributed by atoms with Gasteiger partial charge in [0.25, 0.3) is 5.56 Å². The number of para-hydroxylation sites is 2. The van der Waals surface area contributed by atoms with Gasteiger partial charge >= 0.3 is 0 Å². The van der Waals surface area contributed by atoms with Crippen molar-refractivity contribution in [1.82, 2.24) is 14.7 Å². The Bertz CT molecular complexity index is 1070. The SMILES string of the molecule is CN1CC=C(c2cc(=O)n(C)nc2-c2ccccc2Oc2ccccc2)CC1. The maximum atomic E-state index is 12.3. The maximum Gasteiger partial charge on any atom is 0.267 e. The fourth-order valence-electron chi connectivity index (χ4n) is 3.36. The molecule has 2 aromatic carbocycles. The molecule has 0 aliphatic carbocycles. The van der Waals surface area contributed by atoms with Crippen LogP contribution in [0.15, 0.2) is 71.5 Å². The van der Waals surface area contributed by atoms with Crippen molar-refractivity contribution < 1.29 is 4.74 Å². The molecule has 28 heavy (non-hydrogen) atoms. The van der Waals surface area contributed by atoms with Crippen molar-refractivity contribution in [3.63, 3.8) is 0 Å². The van der Waals surface area contributed by atoms with Crippen LogP contribution in [-0.2, 0) is 7.05 Å². The summed E-state index contributed by atoms with van der Waals surface area (Å²) in [6, 6.07) is 19.2. The number of likely N-dealkylation sites (N-methyl/N-ethyl adjacent to an activating group) is 1. The number of ether oxygens (including phenoxy) is 1. The van der Waals surface area contributed by atoms with E-state index in [0.29, 0.717) is 0 Å². The standard InChI is InChI=1S/C23H23N3O2/c1-25-14-12-17(13-15-25)20-16-22(27)26(2)24-23(20)19-10-6-7-11-21(19)28-18-8-4-3-5-9-18/h3-12,16H,13-15H2,1-2H3. The Morgan fingerprint density at radius 2 is 1.71 bits per heavy atom. The predicted octanol–water partition coefficient (Wildman–Crippen LogP) is 3.96. The van der Waals surface area contributed by atoms with Gasteiger partial charge in [0.15, 0.2) is 0 Å². The number of aryl methyl sites for hydroxylation is 1. The summed E-state index contributed by atoms with van der Waals surface area (Å²) >= 11 is 0. The van der Waals surface area contributed by atoms with E-state index in [1.54, 1.807) is 13.1 Å². The first-order chi connectivity index (χ1) is 13.6. The molecule has 3 aromatic rings. The van der Waals surface area contributed by atoms with Gasteiger partial charge in [-0.05, 0) is 43.3 Å². The Morgan fingerprint density at radius 3 is 2.46 bits per heavy atom. The van der Waals surface area contributed by atoms with E-state index < -0.39 is 0 Å². The molecule has 0 saturated carbocycles. The minimum Gasteiger partial charge on any atom is -0.457 e. The van der Waals surface area contributed by atoms with Crippen LogP contribution >= 0.6 is 0 Å². The summed E-state index contributed by atoms with van der Waals surface area (Å²) < 4.78 is 7.52. The third-order valence-electron chi connectivity index (χ3n) is 4.96. The molecule has 0 fully saturated rings. The molecule has 1 aliphatic heterocycles. The molecule has 4 rings (SSSR count). The molecule has 0 N–H and O–H groups in total. The molecule has 1 aliphatic rings.